The average Bonchev–Trinajstić information content (AvgIpc) is 2.28. The number of benzene rings is 1. The highest BCUT2D eigenvalue weighted by Gasteiger charge is 2.05. The summed E-state index contributed by atoms with van der Waals surface area (Å²) in [7, 11) is 0. The molecule has 3 heteroatoms. The summed E-state index contributed by atoms with van der Waals surface area (Å²) in [5.74, 6) is 0. The van der Waals surface area contributed by atoms with Crippen molar-refractivity contribution in [3.8, 4) is 0 Å². The molecule has 1 atom stereocenters. The molecule has 0 spiro atoms. The lowest BCUT2D eigenvalue weighted by molar-refractivity contribution is 0.0456. The molecule has 0 bridgehead atoms. The number of rotatable bonds is 4. The van der Waals surface area contributed by atoms with Gasteiger partial charge in [0.25, 0.3) is 0 Å². The van der Waals surface area contributed by atoms with Crippen LogP contribution in [0.3, 0.4) is 0 Å². The van der Waals surface area contributed by atoms with Gasteiger partial charge in [-0.15, -0.1) is 0 Å². The molecule has 0 unspecified atom stereocenters. The number of carbonyl (C=O) groups excluding carboxylic acids is 1. The maximum Gasteiger partial charge on any atom is 0.508 e. The van der Waals surface area contributed by atoms with Gasteiger partial charge in [-0.1, -0.05) is 36.4 Å². The lowest BCUT2D eigenvalue weighted by atomic mass is 10.2. The Hall–Kier alpha value is -1.77. The third kappa shape index (κ3) is 4.64. The van der Waals surface area contributed by atoms with Gasteiger partial charge in [0.15, 0.2) is 0 Å². The third-order valence-electron chi connectivity index (χ3n) is 1.90. The second-order valence-electron chi connectivity index (χ2n) is 3.28. The Bertz CT molecular complexity index is 343. The fourth-order valence-corrected chi connectivity index (χ4v) is 1.15. The molecular weight excluding hydrogens is 204 g/mol. The average molecular weight is 220 g/mol. The molecule has 0 radical (unpaired) electrons. The Kier molecular flexibility index (Phi) is 5.12. The van der Waals surface area contributed by atoms with E-state index < -0.39 is 6.16 Å². The molecule has 0 aliphatic rings. The first-order chi connectivity index (χ1) is 7.72. The second kappa shape index (κ2) is 6.67. The quantitative estimate of drug-likeness (QED) is 0.730. The monoisotopic (exact) mass is 220 g/mol. The fourth-order valence-electron chi connectivity index (χ4n) is 1.15. The molecule has 1 aromatic carbocycles. The molecule has 16 heavy (non-hydrogen) atoms. The van der Waals surface area contributed by atoms with E-state index in [4.69, 9.17) is 4.74 Å². The summed E-state index contributed by atoms with van der Waals surface area (Å²) in [5.41, 5.74) is 1.07. The summed E-state index contributed by atoms with van der Waals surface area (Å²) in [4.78, 5) is 11.0. The minimum absolute atomic E-state index is 0.292. The molecule has 0 saturated heterocycles. The lowest BCUT2D eigenvalue weighted by Gasteiger charge is -2.08. The van der Waals surface area contributed by atoms with Gasteiger partial charge < -0.3 is 9.47 Å². The molecule has 0 fully saturated rings. The summed E-state index contributed by atoms with van der Waals surface area (Å²) in [6.45, 7) is 3.86. The van der Waals surface area contributed by atoms with Crippen LogP contribution in [-0.2, 0) is 9.47 Å². The van der Waals surface area contributed by atoms with Crippen LogP contribution in [0.2, 0.25) is 0 Å². The van der Waals surface area contributed by atoms with Gasteiger partial charge in [-0.05, 0) is 25.5 Å². The number of ether oxygens (including phenoxy) is 2. The minimum Gasteiger partial charge on any atom is -0.435 e. The van der Waals surface area contributed by atoms with Gasteiger partial charge in [-0.25, -0.2) is 4.79 Å². The van der Waals surface area contributed by atoms with Crippen molar-refractivity contribution in [2.45, 2.75) is 20.0 Å². The Labute approximate surface area is 95.7 Å². The maximum atomic E-state index is 11.0. The van der Waals surface area contributed by atoms with Gasteiger partial charge in [0, 0.05) is 0 Å². The van der Waals surface area contributed by atoms with Crippen LogP contribution in [0.15, 0.2) is 36.4 Å². The summed E-state index contributed by atoms with van der Waals surface area (Å²) in [6, 6.07) is 9.82. The zero-order chi connectivity index (χ0) is 11.8. The minimum atomic E-state index is -0.632. The topological polar surface area (TPSA) is 35.5 Å². The van der Waals surface area contributed by atoms with Gasteiger partial charge in [0.2, 0.25) is 0 Å². The fraction of sp³-hybridized carbons (Fsp3) is 0.308. The Balaban J connectivity index is 2.42. The normalized spacial score (nSPS) is 12.4. The van der Waals surface area contributed by atoms with Crippen LogP contribution in [0.1, 0.15) is 19.4 Å². The molecule has 3 nitrogen and oxygen atoms in total. The largest absolute Gasteiger partial charge is 0.508 e. The van der Waals surface area contributed by atoms with Crippen LogP contribution in [0.4, 0.5) is 4.79 Å². The molecule has 1 aromatic rings. The van der Waals surface area contributed by atoms with Crippen molar-refractivity contribution in [2.24, 2.45) is 0 Å². The number of hydrogen-bond acceptors (Lipinski definition) is 3. The van der Waals surface area contributed by atoms with E-state index in [2.05, 4.69) is 4.74 Å². The SMILES string of the molecule is CCOC(=O)O[C@@H](C)/C=C/c1ccccc1. The van der Waals surface area contributed by atoms with Crippen molar-refractivity contribution in [2.75, 3.05) is 6.61 Å². The van der Waals surface area contributed by atoms with Crippen molar-refractivity contribution >= 4 is 12.2 Å². The van der Waals surface area contributed by atoms with E-state index in [0.717, 1.165) is 5.56 Å². The first kappa shape index (κ1) is 12.3. The van der Waals surface area contributed by atoms with E-state index in [9.17, 15) is 4.79 Å². The predicted octanol–water partition coefficient (Wildman–Crippen LogP) is 3.26. The first-order valence-corrected chi connectivity index (χ1v) is 5.29. The van der Waals surface area contributed by atoms with Gasteiger partial charge in [0.05, 0.1) is 6.61 Å². The summed E-state index contributed by atoms with van der Waals surface area (Å²) >= 11 is 0. The van der Waals surface area contributed by atoms with E-state index in [1.807, 2.05) is 42.5 Å². The second-order valence-corrected chi connectivity index (χ2v) is 3.28. The van der Waals surface area contributed by atoms with Gasteiger partial charge in [0.1, 0.15) is 6.10 Å². The summed E-state index contributed by atoms with van der Waals surface area (Å²) < 4.78 is 9.63. The highest BCUT2D eigenvalue weighted by molar-refractivity contribution is 5.60. The number of carbonyl (C=O) groups is 1. The number of hydrogen-bond donors (Lipinski definition) is 0. The van der Waals surface area contributed by atoms with Crippen molar-refractivity contribution in [1.29, 1.82) is 0 Å². The Morgan fingerprint density at radius 1 is 1.38 bits per heavy atom. The van der Waals surface area contributed by atoms with E-state index in [-0.39, 0.29) is 6.10 Å². The van der Waals surface area contributed by atoms with Crippen LogP contribution in [0.5, 0.6) is 0 Å². The van der Waals surface area contributed by atoms with Gasteiger partial charge >= 0.3 is 6.16 Å². The molecular formula is C13H16O3. The molecule has 0 amide bonds. The van der Waals surface area contributed by atoms with Crippen molar-refractivity contribution in [3.63, 3.8) is 0 Å². The Morgan fingerprint density at radius 3 is 2.69 bits per heavy atom. The van der Waals surface area contributed by atoms with Crippen molar-refractivity contribution in [1.82, 2.24) is 0 Å². The van der Waals surface area contributed by atoms with E-state index in [1.54, 1.807) is 13.8 Å². The Morgan fingerprint density at radius 2 is 2.06 bits per heavy atom. The molecule has 0 aliphatic carbocycles. The molecule has 0 heterocycles. The molecule has 0 aliphatic heterocycles. The molecule has 1 rings (SSSR count). The van der Waals surface area contributed by atoms with E-state index in [0.29, 0.717) is 6.61 Å². The molecule has 0 saturated carbocycles. The lowest BCUT2D eigenvalue weighted by Crippen LogP contribution is -2.13. The molecule has 0 N–H and O–H groups in total. The zero-order valence-corrected chi connectivity index (χ0v) is 9.55. The van der Waals surface area contributed by atoms with Gasteiger partial charge in [-0.2, -0.15) is 0 Å². The predicted molar refractivity (Wildman–Crippen MR) is 63.0 cm³/mol. The highest BCUT2D eigenvalue weighted by Crippen LogP contribution is 2.04. The van der Waals surface area contributed by atoms with Crippen LogP contribution < -0.4 is 0 Å². The standard InChI is InChI=1S/C13H16O3/c1-3-15-13(14)16-11(2)9-10-12-7-5-4-6-8-12/h4-11H,3H2,1-2H3/b10-9+/t11-/m0/s1. The third-order valence-corrected chi connectivity index (χ3v) is 1.90. The van der Waals surface area contributed by atoms with Crippen LogP contribution in [-0.4, -0.2) is 18.9 Å². The van der Waals surface area contributed by atoms with Crippen LogP contribution >= 0.6 is 0 Å². The smallest absolute Gasteiger partial charge is 0.435 e. The summed E-state index contributed by atoms with van der Waals surface area (Å²) in [6.07, 6.45) is 2.79. The first-order valence-electron chi connectivity index (χ1n) is 5.29. The van der Waals surface area contributed by atoms with Crippen LogP contribution in [0.25, 0.3) is 6.08 Å². The van der Waals surface area contributed by atoms with E-state index >= 15 is 0 Å². The van der Waals surface area contributed by atoms with Crippen LogP contribution in [0, 0.1) is 0 Å². The molecule has 86 valence electrons. The van der Waals surface area contributed by atoms with Crippen molar-refractivity contribution in [3.05, 3.63) is 42.0 Å². The van der Waals surface area contributed by atoms with Crippen molar-refractivity contribution < 1.29 is 14.3 Å². The van der Waals surface area contributed by atoms with Gasteiger partial charge in [-0.3, -0.25) is 0 Å². The highest BCUT2D eigenvalue weighted by atomic mass is 16.7. The molecule has 0 aromatic heterocycles. The van der Waals surface area contributed by atoms with E-state index in [1.165, 1.54) is 0 Å². The zero-order valence-electron chi connectivity index (χ0n) is 9.55. The summed E-state index contributed by atoms with van der Waals surface area (Å²) in [5, 5.41) is 0. The maximum absolute atomic E-state index is 11.0.